The Bertz CT molecular complexity index is 458. The lowest BCUT2D eigenvalue weighted by Crippen LogP contribution is -2.19. The molecule has 1 N–H and O–H groups in total. The van der Waals surface area contributed by atoms with Gasteiger partial charge in [0.2, 0.25) is 0 Å². The van der Waals surface area contributed by atoms with E-state index < -0.39 is 0 Å². The molecule has 6 nitrogen and oxygen atoms in total. The molecule has 2 rings (SSSR count). The molecule has 2 heterocycles. The quantitative estimate of drug-likeness (QED) is 0.829. The van der Waals surface area contributed by atoms with E-state index in [0.29, 0.717) is 18.3 Å². The normalized spacial score (nSPS) is 12.6. The van der Waals surface area contributed by atoms with Crippen molar-refractivity contribution in [3.8, 4) is 0 Å². The van der Waals surface area contributed by atoms with Gasteiger partial charge in [-0.15, -0.1) is 0 Å². The summed E-state index contributed by atoms with van der Waals surface area (Å²) >= 11 is 0. The van der Waals surface area contributed by atoms with Crippen molar-refractivity contribution in [2.24, 2.45) is 0 Å². The number of rotatable bonds is 5. The molecule has 17 heavy (non-hydrogen) atoms. The fraction of sp³-hybridized carbons (Fsp3) is 0.364. The Labute approximate surface area is 99.0 Å². The molecule has 2 aromatic rings. The maximum Gasteiger partial charge on any atom is 0.252 e. The number of hydrogen-bond donors (Lipinski definition) is 1. The first-order valence-corrected chi connectivity index (χ1v) is 5.23. The smallest absolute Gasteiger partial charge is 0.252 e. The topological polar surface area (TPSA) is 73.1 Å². The van der Waals surface area contributed by atoms with E-state index in [4.69, 9.17) is 9.26 Å². The van der Waals surface area contributed by atoms with Gasteiger partial charge >= 0.3 is 0 Å². The highest BCUT2D eigenvalue weighted by Crippen LogP contribution is 2.18. The summed E-state index contributed by atoms with van der Waals surface area (Å²) in [5, 5.41) is 7.07. The van der Waals surface area contributed by atoms with Crippen molar-refractivity contribution < 1.29 is 9.26 Å². The summed E-state index contributed by atoms with van der Waals surface area (Å²) in [6.45, 7) is 0.319. The minimum absolute atomic E-state index is 0.104. The molecular weight excluding hydrogens is 220 g/mol. The summed E-state index contributed by atoms with van der Waals surface area (Å²) < 4.78 is 10.0. The molecule has 0 aliphatic carbocycles. The maximum absolute atomic E-state index is 5.07. The molecule has 0 fully saturated rings. The molecule has 0 bridgehead atoms. The van der Waals surface area contributed by atoms with Gasteiger partial charge in [0.25, 0.3) is 5.89 Å². The standard InChI is InChI=1S/C11H14N4O2/c1-12-10(8-3-5-13-6-4-8)11-14-9(7-16-2)17-15-11/h3-6,10,12H,7H2,1-2H3/t10-/m0/s1. The van der Waals surface area contributed by atoms with Crippen molar-refractivity contribution in [2.45, 2.75) is 12.6 Å². The van der Waals surface area contributed by atoms with Gasteiger partial charge in [-0.3, -0.25) is 4.98 Å². The van der Waals surface area contributed by atoms with Crippen LogP contribution in [0.4, 0.5) is 0 Å². The fourth-order valence-corrected chi connectivity index (χ4v) is 1.57. The van der Waals surface area contributed by atoms with E-state index in [9.17, 15) is 0 Å². The van der Waals surface area contributed by atoms with E-state index in [2.05, 4.69) is 20.4 Å². The van der Waals surface area contributed by atoms with Crippen LogP contribution in [0.5, 0.6) is 0 Å². The SMILES string of the molecule is CN[C@@H](c1ccncc1)c1noc(COC)n1. The van der Waals surface area contributed by atoms with Crippen LogP contribution in [-0.2, 0) is 11.3 Å². The molecule has 0 unspecified atom stereocenters. The van der Waals surface area contributed by atoms with Gasteiger partial charge in [0, 0.05) is 19.5 Å². The molecule has 0 saturated carbocycles. The van der Waals surface area contributed by atoms with Crippen LogP contribution in [0.3, 0.4) is 0 Å². The zero-order valence-corrected chi connectivity index (χ0v) is 9.75. The van der Waals surface area contributed by atoms with Crippen molar-refractivity contribution in [1.29, 1.82) is 0 Å². The summed E-state index contributed by atoms with van der Waals surface area (Å²) in [4.78, 5) is 8.24. The summed E-state index contributed by atoms with van der Waals surface area (Å²) in [7, 11) is 3.43. The zero-order chi connectivity index (χ0) is 12.1. The molecule has 90 valence electrons. The van der Waals surface area contributed by atoms with Gasteiger partial charge < -0.3 is 14.6 Å². The first-order valence-electron chi connectivity index (χ1n) is 5.23. The molecule has 1 atom stereocenters. The van der Waals surface area contributed by atoms with Crippen LogP contribution in [0.25, 0.3) is 0 Å². The molecule has 0 aromatic carbocycles. The van der Waals surface area contributed by atoms with Gasteiger partial charge in [0.15, 0.2) is 5.82 Å². The van der Waals surface area contributed by atoms with Gasteiger partial charge in [-0.25, -0.2) is 0 Å². The number of pyridine rings is 1. The van der Waals surface area contributed by atoms with Crippen LogP contribution in [0.15, 0.2) is 29.0 Å². The Hall–Kier alpha value is -1.79. The van der Waals surface area contributed by atoms with E-state index in [0.717, 1.165) is 5.56 Å². The van der Waals surface area contributed by atoms with Crippen molar-refractivity contribution in [1.82, 2.24) is 20.4 Å². The second-order valence-corrected chi connectivity index (χ2v) is 3.48. The number of hydrogen-bond acceptors (Lipinski definition) is 6. The van der Waals surface area contributed by atoms with Gasteiger partial charge in [-0.1, -0.05) is 5.16 Å². The van der Waals surface area contributed by atoms with Crippen LogP contribution >= 0.6 is 0 Å². The maximum atomic E-state index is 5.07. The molecule has 6 heteroatoms. The van der Waals surface area contributed by atoms with E-state index >= 15 is 0 Å². The third kappa shape index (κ3) is 2.66. The monoisotopic (exact) mass is 234 g/mol. The van der Waals surface area contributed by atoms with E-state index in [1.807, 2.05) is 19.2 Å². The summed E-state index contributed by atoms with van der Waals surface area (Å²) in [6, 6.07) is 3.72. The van der Waals surface area contributed by atoms with Crippen molar-refractivity contribution >= 4 is 0 Å². The molecule has 0 aliphatic rings. The first-order chi connectivity index (χ1) is 8.35. The number of nitrogens with zero attached hydrogens (tertiary/aromatic N) is 3. The molecule has 0 spiro atoms. The third-order valence-electron chi connectivity index (χ3n) is 2.34. The van der Waals surface area contributed by atoms with Crippen LogP contribution in [0, 0.1) is 0 Å². The van der Waals surface area contributed by atoms with Crippen LogP contribution in [0.1, 0.15) is 23.3 Å². The average molecular weight is 234 g/mol. The van der Waals surface area contributed by atoms with Crippen LogP contribution < -0.4 is 5.32 Å². The highest BCUT2D eigenvalue weighted by molar-refractivity contribution is 5.21. The molecule has 0 saturated heterocycles. The van der Waals surface area contributed by atoms with Gasteiger partial charge in [-0.05, 0) is 24.7 Å². The number of ether oxygens (including phenoxy) is 1. The van der Waals surface area contributed by atoms with Crippen LogP contribution in [0.2, 0.25) is 0 Å². The molecule has 0 amide bonds. The van der Waals surface area contributed by atoms with Gasteiger partial charge in [0.1, 0.15) is 6.61 Å². The predicted octanol–water partition coefficient (Wildman–Crippen LogP) is 0.920. The Balaban J connectivity index is 2.23. The first kappa shape index (κ1) is 11.7. The van der Waals surface area contributed by atoms with Crippen molar-refractivity contribution in [3.05, 3.63) is 41.8 Å². The largest absolute Gasteiger partial charge is 0.375 e. The van der Waals surface area contributed by atoms with Crippen molar-refractivity contribution in [3.63, 3.8) is 0 Å². The average Bonchev–Trinajstić information content (AvgIpc) is 2.81. The van der Waals surface area contributed by atoms with E-state index in [-0.39, 0.29) is 6.04 Å². The van der Waals surface area contributed by atoms with Gasteiger partial charge in [-0.2, -0.15) is 4.98 Å². The summed E-state index contributed by atoms with van der Waals surface area (Å²) in [5.74, 6) is 1.06. The molecule has 2 aromatic heterocycles. The summed E-state index contributed by atoms with van der Waals surface area (Å²) in [5.41, 5.74) is 1.03. The Morgan fingerprint density at radius 3 is 2.82 bits per heavy atom. The Kier molecular flexibility index (Phi) is 3.79. The third-order valence-corrected chi connectivity index (χ3v) is 2.34. The van der Waals surface area contributed by atoms with Crippen LogP contribution in [-0.4, -0.2) is 29.3 Å². The lowest BCUT2D eigenvalue weighted by molar-refractivity contribution is 0.151. The minimum Gasteiger partial charge on any atom is -0.375 e. The minimum atomic E-state index is -0.104. The second kappa shape index (κ2) is 5.51. The lowest BCUT2D eigenvalue weighted by atomic mass is 10.1. The lowest BCUT2D eigenvalue weighted by Gasteiger charge is -2.11. The molecule has 0 aliphatic heterocycles. The Morgan fingerprint density at radius 1 is 1.41 bits per heavy atom. The molecular formula is C11H14N4O2. The number of nitrogens with one attached hydrogen (secondary N) is 1. The van der Waals surface area contributed by atoms with E-state index in [1.54, 1.807) is 19.5 Å². The number of methoxy groups -OCH3 is 1. The van der Waals surface area contributed by atoms with Gasteiger partial charge in [0.05, 0.1) is 6.04 Å². The predicted molar refractivity (Wildman–Crippen MR) is 60.2 cm³/mol. The zero-order valence-electron chi connectivity index (χ0n) is 9.75. The Morgan fingerprint density at radius 2 is 2.18 bits per heavy atom. The highest BCUT2D eigenvalue weighted by Gasteiger charge is 2.18. The van der Waals surface area contributed by atoms with Crippen molar-refractivity contribution in [2.75, 3.05) is 14.2 Å². The van der Waals surface area contributed by atoms with E-state index in [1.165, 1.54) is 0 Å². The molecule has 0 radical (unpaired) electrons. The fourth-order valence-electron chi connectivity index (χ4n) is 1.57. The second-order valence-electron chi connectivity index (χ2n) is 3.48. The summed E-state index contributed by atoms with van der Waals surface area (Å²) in [6.07, 6.45) is 3.46. The highest BCUT2D eigenvalue weighted by atomic mass is 16.5. The number of aromatic nitrogens is 3.